The molecule has 0 radical (unpaired) electrons. The third-order valence-electron chi connectivity index (χ3n) is 6.93. The minimum Gasteiger partial charge on any atom is -0.497 e. The van der Waals surface area contributed by atoms with Crippen molar-refractivity contribution in [3.05, 3.63) is 65.6 Å². The Balaban J connectivity index is 1.36. The van der Waals surface area contributed by atoms with E-state index >= 15 is 0 Å². The van der Waals surface area contributed by atoms with Gasteiger partial charge in [-0.05, 0) is 68.1 Å². The molecule has 3 atom stereocenters. The van der Waals surface area contributed by atoms with Gasteiger partial charge in [0.25, 0.3) is 0 Å². The fourth-order valence-corrected chi connectivity index (χ4v) is 5.89. The Morgan fingerprint density at radius 2 is 2.03 bits per heavy atom. The lowest BCUT2D eigenvalue weighted by Gasteiger charge is -2.37. The van der Waals surface area contributed by atoms with E-state index in [1.54, 1.807) is 18.2 Å². The number of aliphatic hydroxyl groups excluding tert-OH is 1. The third kappa shape index (κ3) is 6.55. The first-order valence-corrected chi connectivity index (χ1v) is 13.1. The molecule has 6 nitrogen and oxygen atoms in total. The zero-order chi connectivity index (χ0) is 26.5. The van der Waals surface area contributed by atoms with Gasteiger partial charge in [0, 0.05) is 34.7 Å². The smallest absolute Gasteiger partial charge is 0.308 e. The number of benzene rings is 2. The highest BCUT2D eigenvalue weighted by Gasteiger charge is 2.34. The van der Waals surface area contributed by atoms with E-state index in [9.17, 15) is 28.2 Å². The highest BCUT2D eigenvalue weighted by atomic mass is 32.2. The average Bonchev–Trinajstić information content (AvgIpc) is 2.89. The average molecular weight is 535 g/mol. The van der Waals surface area contributed by atoms with Crippen LogP contribution >= 0.6 is 11.8 Å². The van der Waals surface area contributed by atoms with Gasteiger partial charge in [-0.15, -0.1) is 11.8 Å². The van der Waals surface area contributed by atoms with Gasteiger partial charge in [0.2, 0.25) is 0 Å². The summed E-state index contributed by atoms with van der Waals surface area (Å²) in [6.07, 6.45) is 1.19. The van der Waals surface area contributed by atoms with E-state index < -0.39 is 35.4 Å². The Hall–Kier alpha value is -2.82. The standard InChI is InChI=1S/C27H29F3N2O4S/c1-36-18-4-6-23-19(13-18)26(22(30)14-31-23)24(33)7-2-16-8-9-32(15-20(16)27(34)35)10-11-37-25-12-17(28)3-5-21(25)29/h3-6,12-14,16,20,24,33H,2,7-11,15H2,1H3,(H,34,35)/t16?,20?,24-/m1/s1. The lowest BCUT2D eigenvalue weighted by atomic mass is 9.81. The summed E-state index contributed by atoms with van der Waals surface area (Å²) in [6.45, 7) is 1.52. The highest BCUT2D eigenvalue weighted by Crippen LogP contribution is 2.35. The van der Waals surface area contributed by atoms with E-state index in [0.717, 1.165) is 24.4 Å². The maximum absolute atomic E-state index is 14.7. The van der Waals surface area contributed by atoms with Crippen molar-refractivity contribution in [1.29, 1.82) is 0 Å². The summed E-state index contributed by atoms with van der Waals surface area (Å²) in [5, 5.41) is 21.2. The number of methoxy groups -OCH3 is 1. The van der Waals surface area contributed by atoms with Crippen molar-refractivity contribution >= 4 is 28.6 Å². The van der Waals surface area contributed by atoms with Crippen molar-refractivity contribution in [2.24, 2.45) is 11.8 Å². The Morgan fingerprint density at radius 1 is 1.22 bits per heavy atom. The number of carboxylic acids is 1. The van der Waals surface area contributed by atoms with Gasteiger partial charge in [0.05, 0.1) is 30.8 Å². The molecule has 3 aromatic rings. The number of likely N-dealkylation sites (tertiary alicyclic amines) is 1. The second-order valence-corrected chi connectivity index (χ2v) is 10.4. The molecule has 1 aliphatic heterocycles. The van der Waals surface area contributed by atoms with Gasteiger partial charge in [-0.2, -0.15) is 0 Å². The van der Waals surface area contributed by atoms with Gasteiger partial charge < -0.3 is 19.8 Å². The molecular weight excluding hydrogens is 505 g/mol. The first-order chi connectivity index (χ1) is 17.8. The number of aromatic nitrogens is 1. The number of rotatable bonds is 10. The molecular formula is C27H29F3N2O4S. The SMILES string of the molecule is COc1ccc2ncc(F)c([C@H](O)CCC3CCN(CCSc4cc(F)ccc4F)CC3C(=O)O)c2c1. The summed E-state index contributed by atoms with van der Waals surface area (Å²) in [5.41, 5.74) is 0.666. The van der Waals surface area contributed by atoms with Crippen LogP contribution in [-0.2, 0) is 4.79 Å². The summed E-state index contributed by atoms with van der Waals surface area (Å²) in [6, 6.07) is 8.36. The maximum atomic E-state index is 14.7. The number of pyridine rings is 1. The van der Waals surface area contributed by atoms with Gasteiger partial charge in [-0.3, -0.25) is 9.78 Å². The van der Waals surface area contributed by atoms with E-state index in [1.807, 2.05) is 4.90 Å². The molecule has 10 heteroatoms. The minimum absolute atomic E-state index is 0.134. The monoisotopic (exact) mass is 534 g/mol. The molecule has 1 fully saturated rings. The number of fused-ring (bicyclic) bond motifs is 1. The van der Waals surface area contributed by atoms with Crippen LogP contribution in [0.1, 0.15) is 30.9 Å². The molecule has 2 N–H and O–H groups in total. The zero-order valence-corrected chi connectivity index (χ0v) is 21.2. The van der Waals surface area contributed by atoms with E-state index in [4.69, 9.17) is 4.74 Å². The van der Waals surface area contributed by atoms with Crippen LogP contribution in [0.2, 0.25) is 0 Å². The van der Waals surface area contributed by atoms with Gasteiger partial charge in [-0.1, -0.05) is 0 Å². The molecule has 1 aliphatic rings. The van der Waals surface area contributed by atoms with Crippen molar-refractivity contribution in [2.45, 2.75) is 30.3 Å². The molecule has 37 heavy (non-hydrogen) atoms. The number of halogens is 3. The lowest BCUT2D eigenvalue weighted by Crippen LogP contribution is -2.44. The predicted molar refractivity (Wildman–Crippen MR) is 135 cm³/mol. The van der Waals surface area contributed by atoms with Crippen molar-refractivity contribution in [3.8, 4) is 5.75 Å². The summed E-state index contributed by atoms with van der Waals surface area (Å²) < 4.78 is 47.2. The first kappa shape index (κ1) is 27.2. The Morgan fingerprint density at radius 3 is 2.78 bits per heavy atom. The van der Waals surface area contributed by atoms with Crippen LogP contribution in [0.15, 0.2) is 47.5 Å². The molecule has 2 aromatic carbocycles. The molecule has 0 aliphatic carbocycles. The molecule has 0 amide bonds. The van der Waals surface area contributed by atoms with Crippen LogP contribution < -0.4 is 4.74 Å². The van der Waals surface area contributed by atoms with Crippen LogP contribution in [0.4, 0.5) is 13.2 Å². The predicted octanol–water partition coefficient (Wildman–Crippen LogP) is 5.29. The van der Waals surface area contributed by atoms with E-state index in [0.29, 0.717) is 54.9 Å². The van der Waals surface area contributed by atoms with Gasteiger partial charge >= 0.3 is 5.97 Å². The molecule has 0 bridgehead atoms. The van der Waals surface area contributed by atoms with Crippen LogP contribution in [0.3, 0.4) is 0 Å². The Bertz CT molecular complexity index is 1260. The number of aliphatic carboxylic acids is 1. The number of carboxylic acid groups (broad SMARTS) is 1. The van der Waals surface area contributed by atoms with Crippen molar-refractivity contribution < 1.29 is 32.9 Å². The number of nitrogens with zero attached hydrogens (tertiary/aromatic N) is 2. The lowest BCUT2D eigenvalue weighted by molar-refractivity contribution is -0.146. The second-order valence-electron chi connectivity index (χ2n) is 9.21. The number of ether oxygens (including phenoxy) is 1. The summed E-state index contributed by atoms with van der Waals surface area (Å²) >= 11 is 1.20. The maximum Gasteiger partial charge on any atom is 0.308 e. The van der Waals surface area contributed by atoms with Crippen molar-refractivity contribution in [3.63, 3.8) is 0 Å². The second kappa shape index (κ2) is 12.1. The molecule has 198 valence electrons. The van der Waals surface area contributed by atoms with E-state index in [2.05, 4.69) is 4.98 Å². The summed E-state index contributed by atoms with van der Waals surface area (Å²) in [5.74, 6) is -2.33. The van der Waals surface area contributed by atoms with Crippen LogP contribution in [0.25, 0.3) is 10.9 Å². The quantitative estimate of drug-likeness (QED) is 0.342. The number of hydrogen-bond acceptors (Lipinski definition) is 6. The molecule has 1 aromatic heterocycles. The first-order valence-electron chi connectivity index (χ1n) is 12.1. The molecule has 0 saturated carbocycles. The highest BCUT2D eigenvalue weighted by molar-refractivity contribution is 7.99. The largest absolute Gasteiger partial charge is 0.497 e. The molecule has 2 unspecified atom stereocenters. The topological polar surface area (TPSA) is 82.9 Å². The Labute approximate surface area is 217 Å². The zero-order valence-electron chi connectivity index (χ0n) is 20.4. The van der Waals surface area contributed by atoms with Gasteiger partial charge in [0.15, 0.2) is 0 Å². The van der Waals surface area contributed by atoms with Crippen molar-refractivity contribution in [1.82, 2.24) is 9.88 Å². The molecule has 4 rings (SSSR count). The summed E-state index contributed by atoms with van der Waals surface area (Å²) in [7, 11) is 1.50. The van der Waals surface area contributed by atoms with Crippen molar-refractivity contribution in [2.75, 3.05) is 32.5 Å². The number of carbonyl (C=O) groups is 1. The van der Waals surface area contributed by atoms with Crippen LogP contribution in [0, 0.1) is 29.3 Å². The van der Waals surface area contributed by atoms with E-state index in [-0.39, 0.29) is 22.8 Å². The molecule has 2 heterocycles. The summed E-state index contributed by atoms with van der Waals surface area (Å²) in [4.78, 5) is 18.4. The van der Waals surface area contributed by atoms with E-state index in [1.165, 1.54) is 18.9 Å². The van der Waals surface area contributed by atoms with Gasteiger partial charge in [0.1, 0.15) is 23.2 Å². The number of piperidine rings is 1. The normalized spacial score (nSPS) is 19.2. The number of hydrogen-bond donors (Lipinski definition) is 2. The Kier molecular flexibility index (Phi) is 8.94. The number of thioether (sulfide) groups is 1. The van der Waals surface area contributed by atoms with Crippen LogP contribution in [0.5, 0.6) is 5.75 Å². The molecule has 1 saturated heterocycles. The van der Waals surface area contributed by atoms with Gasteiger partial charge in [-0.25, -0.2) is 13.2 Å². The molecule has 0 spiro atoms. The fraction of sp³-hybridized carbons (Fsp3) is 0.407. The van der Waals surface area contributed by atoms with Crippen LogP contribution in [-0.4, -0.2) is 58.6 Å². The third-order valence-corrected chi connectivity index (χ3v) is 7.94. The number of aliphatic hydroxyl groups is 1. The fourth-order valence-electron chi connectivity index (χ4n) is 4.92. The minimum atomic E-state index is -1.12.